The molecule has 0 saturated carbocycles. The lowest BCUT2D eigenvalue weighted by Crippen LogP contribution is -2.39. The number of benzene rings is 1. The van der Waals surface area contributed by atoms with Gasteiger partial charge in [-0.2, -0.15) is 5.26 Å². The van der Waals surface area contributed by atoms with Gasteiger partial charge in [0.15, 0.2) is 5.96 Å². The smallest absolute Gasteiger partial charge is 0.191 e. The highest BCUT2D eigenvalue weighted by molar-refractivity contribution is 5.79. The van der Waals surface area contributed by atoms with Gasteiger partial charge in [0.2, 0.25) is 0 Å². The highest BCUT2D eigenvalue weighted by atomic mass is 19.1. The molecule has 1 heterocycles. The SMILES string of the molecule is CN=C(NCCCN1CCC(C)CC1)NCc1ccc(C#N)cc1F. The number of aliphatic imine (C=N–C) groups is 1. The van der Waals surface area contributed by atoms with E-state index in [2.05, 4.69) is 27.4 Å². The van der Waals surface area contributed by atoms with Gasteiger partial charge in [-0.3, -0.25) is 4.99 Å². The van der Waals surface area contributed by atoms with Crippen molar-refractivity contribution in [2.75, 3.05) is 33.2 Å². The molecule has 1 fully saturated rings. The predicted octanol–water partition coefficient (Wildman–Crippen LogP) is 2.48. The maximum absolute atomic E-state index is 13.9. The maximum atomic E-state index is 13.9. The van der Waals surface area contributed by atoms with Crippen molar-refractivity contribution in [2.24, 2.45) is 10.9 Å². The number of nitrogens with one attached hydrogen (secondary N) is 2. The average Bonchev–Trinajstić information content (AvgIpc) is 2.63. The molecule has 2 N–H and O–H groups in total. The zero-order valence-corrected chi connectivity index (χ0v) is 15.2. The molecule has 0 radical (unpaired) electrons. The lowest BCUT2D eigenvalue weighted by atomic mass is 9.99. The Hall–Kier alpha value is -2.13. The van der Waals surface area contributed by atoms with E-state index in [4.69, 9.17) is 5.26 Å². The Morgan fingerprint density at radius 3 is 2.76 bits per heavy atom. The number of halogens is 1. The second kappa shape index (κ2) is 10.00. The van der Waals surface area contributed by atoms with Crippen molar-refractivity contribution in [1.82, 2.24) is 15.5 Å². The van der Waals surface area contributed by atoms with Gasteiger partial charge in [0, 0.05) is 25.7 Å². The largest absolute Gasteiger partial charge is 0.356 e. The molecule has 25 heavy (non-hydrogen) atoms. The van der Waals surface area contributed by atoms with Crippen molar-refractivity contribution in [3.05, 3.63) is 35.1 Å². The molecule has 0 aromatic heterocycles. The van der Waals surface area contributed by atoms with Gasteiger partial charge in [-0.25, -0.2) is 4.39 Å². The Morgan fingerprint density at radius 2 is 2.12 bits per heavy atom. The van der Waals surface area contributed by atoms with Crippen LogP contribution >= 0.6 is 0 Å². The van der Waals surface area contributed by atoms with Crippen LogP contribution in [0.5, 0.6) is 0 Å². The Bertz CT molecular complexity index is 615. The molecule has 1 aromatic rings. The summed E-state index contributed by atoms with van der Waals surface area (Å²) in [6.45, 7) is 6.99. The number of nitrogens with zero attached hydrogens (tertiary/aromatic N) is 3. The van der Waals surface area contributed by atoms with E-state index in [1.54, 1.807) is 19.2 Å². The van der Waals surface area contributed by atoms with E-state index in [-0.39, 0.29) is 5.82 Å². The third-order valence-electron chi connectivity index (χ3n) is 4.67. The molecule has 1 aliphatic heterocycles. The van der Waals surface area contributed by atoms with E-state index < -0.39 is 0 Å². The molecule has 0 unspecified atom stereocenters. The van der Waals surface area contributed by atoms with Gasteiger partial charge in [0.1, 0.15) is 5.82 Å². The Balaban J connectivity index is 1.68. The normalized spacial score (nSPS) is 16.5. The van der Waals surface area contributed by atoms with Crippen LogP contribution in [-0.4, -0.2) is 44.1 Å². The van der Waals surface area contributed by atoms with Crippen molar-refractivity contribution < 1.29 is 4.39 Å². The number of hydrogen-bond acceptors (Lipinski definition) is 3. The number of nitriles is 1. The van der Waals surface area contributed by atoms with Crippen LogP contribution in [0, 0.1) is 23.1 Å². The Kier molecular flexibility index (Phi) is 7.68. The van der Waals surface area contributed by atoms with Gasteiger partial charge in [-0.15, -0.1) is 0 Å². The van der Waals surface area contributed by atoms with E-state index in [0.717, 1.165) is 25.4 Å². The minimum Gasteiger partial charge on any atom is -0.356 e. The molecular weight excluding hydrogens is 317 g/mol. The molecule has 0 spiro atoms. The van der Waals surface area contributed by atoms with Crippen molar-refractivity contribution >= 4 is 5.96 Å². The van der Waals surface area contributed by atoms with Crippen molar-refractivity contribution in [2.45, 2.75) is 32.7 Å². The van der Waals surface area contributed by atoms with E-state index >= 15 is 0 Å². The van der Waals surface area contributed by atoms with Crippen LogP contribution in [0.3, 0.4) is 0 Å². The molecule has 0 amide bonds. The van der Waals surface area contributed by atoms with Gasteiger partial charge in [0.25, 0.3) is 0 Å². The third-order valence-corrected chi connectivity index (χ3v) is 4.67. The first kappa shape index (κ1) is 19.2. The van der Waals surface area contributed by atoms with Crippen LogP contribution in [0.25, 0.3) is 0 Å². The number of likely N-dealkylation sites (tertiary alicyclic amines) is 1. The highest BCUT2D eigenvalue weighted by Gasteiger charge is 2.14. The Morgan fingerprint density at radius 1 is 1.36 bits per heavy atom. The summed E-state index contributed by atoms with van der Waals surface area (Å²) in [6.07, 6.45) is 3.65. The molecule has 0 atom stereocenters. The van der Waals surface area contributed by atoms with Crippen LogP contribution in [0.15, 0.2) is 23.2 Å². The van der Waals surface area contributed by atoms with Gasteiger partial charge in [0.05, 0.1) is 11.6 Å². The monoisotopic (exact) mass is 345 g/mol. The minimum atomic E-state index is -0.374. The second-order valence-corrected chi connectivity index (χ2v) is 6.65. The standard InChI is InChI=1S/C19H28FN5/c1-15-6-10-25(11-7-15)9-3-8-23-19(22-2)24-14-17-5-4-16(13-21)12-18(17)20/h4-5,12,15H,3,6-11,14H2,1-2H3,(H2,22,23,24). The second-order valence-electron chi connectivity index (χ2n) is 6.65. The number of guanidine groups is 1. The first-order valence-corrected chi connectivity index (χ1v) is 8.97. The number of rotatable bonds is 6. The van der Waals surface area contributed by atoms with Crippen LogP contribution in [0.4, 0.5) is 4.39 Å². The summed E-state index contributed by atoms with van der Waals surface area (Å²) >= 11 is 0. The first-order chi connectivity index (χ1) is 12.1. The van der Waals surface area contributed by atoms with Crippen LogP contribution in [0.1, 0.15) is 37.3 Å². The molecular formula is C19H28FN5. The molecule has 0 aliphatic carbocycles. The quantitative estimate of drug-likeness (QED) is 0.472. The fraction of sp³-hybridized carbons (Fsp3) is 0.579. The van der Waals surface area contributed by atoms with Gasteiger partial charge < -0.3 is 15.5 Å². The lowest BCUT2D eigenvalue weighted by Gasteiger charge is -2.30. The molecule has 1 aromatic carbocycles. The molecule has 0 bridgehead atoms. The summed E-state index contributed by atoms with van der Waals surface area (Å²) < 4.78 is 13.9. The summed E-state index contributed by atoms with van der Waals surface area (Å²) in [7, 11) is 1.70. The van der Waals surface area contributed by atoms with Gasteiger partial charge >= 0.3 is 0 Å². The molecule has 2 rings (SSSR count). The zero-order chi connectivity index (χ0) is 18.1. The van der Waals surface area contributed by atoms with Gasteiger partial charge in [-0.05, 0) is 56.9 Å². The summed E-state index contributed by atoms with van der Waals surface area (Å²) in [5.74, 6) is 1.15. The van der Waals surface area contributed by atoms with E-state index in [0.29, 0.717) is 23.6 Å². The van der Waals surface area contributed by atoms with E-state index in [1.807, 2.05) is 6.07 Å². The summed E-state index contributed by atoms with van der Waals surface area (Å²) in [4.78, 5) is 6.68. The number of piperidine rings is 1. The first-order valence-electron chi connectivity index (χ1n) is 8.97. The van der Waals surface area contributed by atoms with Crippen LogP contribution in [-0.2, 0) is 6.54 Å². The van der Waals surface area contributed by atoms with E-state index in [1.165, 1.54) is 32.0 Å². The van der Waals surface area contributed by atoms with Crippen molar-refractivity contribution in [3.63, 3.8) is 0 Å². The molecule has 136 valence electrons. The van der Waals surface area contributed by atoms with E-state index in [9.17, 15) is 4.39 Å². The van der Waals surface area contributed by atoms with Crippen LogP contribution in [0.2, 0.25) is 0 Å². The molecule has 6 heteroatoms. The summed E-state index contributed by atoms with van der Waals surface area (Å²) in [6, 6.07) is 6.44. The minimum absolute atomic E-state index is 0.330. The van der Waals surface area contributed by atoms with Crippen molar-refractivity contribution in [1.29, 1.82) is 5.26 Å². The average molecular weight is 345 g/mol. The van der Waals surface area contributed by atoms with Crippen LogP contribution < -0.4 is 10.6 Å². The lowest BCUT2D eigenvalue weighted by molar-refractivity contribution is 0.191. The van der Waals surface area contributed by atoms with Crippen molar-refractivity contribution in [3.8, 4) is 6.07 Å². The molecule has 5 nitrogen and oxygen atoms in total. The fourth-order valence-corrected chi connectivity index (χ4v) is 2.95. The zero-order valence-electron chi connectivity index (χ0n) is 15.2. The third kappa shape index (κ3) is 6.35. The topological polar surface area (TPSA) is 63.5 Å². The number of hydrogen-bond donors (Lipinski definition) is 2. The molecule has 1 saturated heterocycles. The highest BCUT2D eigenvalue weighted by Crippen LogP contribution is 2.15. The van der Waals surface area contributed by atoms with Gasteiger partial charge in [-0.1, -0.05) is 13.0 Å². The predicted molar refractivity (Wildman–Crippen MR) is 98.8 cm³/mol. The fourth-order valence-electron chi connectivity index (χ4n) is 2.95. The Labute approximate surface area is 149 Å². The summed E-state index contributed by atoms with van der Waals surface area (Å²) in [5, 5.41) is 15.1. The molecule has 1 aliphatic rings. The maximum Gasteiger partial charge on any atom is 0.191 e. The summed E-state index contributed by atoms with van der Waals surface area (Å²) in [5.41, 5.74) is 0.847.